The molecule has 1 aliphatic rings. The molecule has 0 bridgehead atoms. The molecule has 0 unspecified atom stereocenters. The van der Waals surface area contributed by atoms with E-state index in [1.807, 2.05) is 6.92 Å². The molecule has 1 saturated heterocycles. The van der Waals surface area contributed by atoms with Gasteiger partial charge in [-0.05, 0) is 30.7 Å². The quantitative estimate of drug-likeness (QED) is 0.818. The molecule has 0 amide bonds. The first kappa shape index (κ1) is 19.5. The Hall–Kier alpha value is -1.81. The summed E-state index contributed by atoms with van der Waals surface area (Å²) >= 11 is 0. The first-order chi connectivity index (χ1) is 11.6. The van der Waals surface area contributed by atoms with Crippen LogP contribution >= 0.6 is 0 Å². The molecule has 1 aromatic carbocycles. The molecule has 1 N–H and O–H groups in total. The molecule has 25 heavy (non-hydrogen) atoms. The van der Waals surface area contributed by atoms with Gasteiger partial charge in [0.1, 0.15) is 5.75 Å². The standard InChI is InChI=1S/C15H18F3NO5S/c1-2-7-24-10-3-5-11(6-4-10)25(22,23)19-8-12(14(20)21)13(9-19)15(16,17)18/h3-6,12-13H,2,7-9H2,1H3,(H,20,21)/t12-,13-/m1/s1. The van der Waals surface area contributed by atoms with Crippen LogP contribution in [-0.2, 0) is 14.8 Å². The highest BCUT2D eigenvalue weighted by Gasteiger charge is 2.54. The number of alkyl halides is 3. The number of benzene rings is 1. The topological polar surface area (TPSA) is 83.9 Å². The van der Waals surface area contributed by atoms with E-state index in [9.17, 15) is 26.4 Å². The number of hydrogen-bond acceptors (Lipinski definition) is 4. The Bertz CT molecular complexity index is 718. The van der Waals surface area contributed by atoms with E-state index >= 15 is 0 Å². The second-order valence-corrected chi connectivity index (χ2v) is 7.67. The number of carboxylic acids is 1. The summed E-state index contributed by atoms with van der Waals surface area (Å²) in [4.78, 5) is 10.9. The fourth-order valence-corrected chi connectivity index (χ4v) is 4.11. The maximum absolute atomic E-state index is 13.0. The van der Waals surface area contributed by atoms with E-state index in [0.29, 0.717) is 16.7 Å². The minimum Gasteiger partial charge on any atom is -0.494 e. The maximum Gasteiger partial charge on any atom is 0.393 e. The van der Waals surface area contributed by atoms with Crippen molar-refractivity contribution in [2.75, 3.05) is 19.7 Å². The fraction of sp³-hybridized carbons (Fsp3) is 0.533. The van der Waals surface area contributed by atoms with Crippen LogP contribution in [0.1, 0.15) is 13.3 Å². The molecular formula is C15H18F3NO5S. The average Bonchev–Trinajstić information content (AvgIpc) is 3.00. The lowest BCUT2D eigenvalue weighted by Gasteiger charge is -2.18. The van der Waals surface area contributed by atoms with Gasteiger partial charge in [0.15, 0.2) is 0 Å². The molecule has 1 aliphatic heterocycles. The highest BCUT2D eigenvalue weighted by molar-refractivity contribution is 7.89. The minimum absolute atomic E-state index is 0.205. The van der Waals surface area contributed by atoms with Gasteiger partial charge in [0.2, 0.25) is 10.0 Å². The molecule has 2 atom stereocenters. The zero-order chi connectivity index (χ0) is 18.8. The van der Waals surface area contributed by atoms with Crippen LogP contribution in [0.25, 0.3) is 0 Å². The molecule has 10 heteroatoms. The van der Waals surface area contributed by atoms with Crippen LogP contribution in [0.3, 0.4) is 0 Å². The molecule has 6 nitrogen and oxygen atoms in total. The Morgan fingerprint density at radius 1 is 1.28 bits per heavy atom. The summed E-state index contributed by atoms with van der Waals surface area (Å²) in [5, 5.41) is 8.98. The Morgan fingerprint density at radius 2 is 1.88 bits per heavy atom. The minimum atomic E-state index is -4.79. The van der Waals surface area contributed by atoms with Crippen LogP contribution < -0.4 is 4.74 Å². The number of carbonyl (C=O) groups is 1. The first-order valence-electron chi connectivity index (χ1n) is 7.60. The number of ether oxygens (including phenoxy) is 1. The number of carboxylic acid groups (broad SMARTS) is 1. The van der Waals surface area contributed by atoms with E-state index in [1.54, 1.807) is 0 Å². The van der Waals surface area contributed by atoms with Gasteiger partial charge in [-0.3, -0.25) is 4.79 Å². The van der Waals surface area contributed by atoms with Gasteiger partial charge in [-0.1, -0.05) is 6.92 Å². The number of hydrogen-bond donors (Lipinski definition) is 1. The highest BCUT2D eigenvalue weighted by Crippen LogP contribution is 2.39. The van der Waals surface area contributed by atoms with Crippen LogP contribution in [0.5, 0.6) is 5.75 Å². The van der Waals surface area contributed by atoms with Crippen molar-refractivity contribution in [3.8, 4) is 5.75 Å². The second kappa shape index (κ2) is 7.20. The van der Waals surface area contributed by atoms with Crippen molar-refractivity contribution >= 4 is 16.0 Å². The summed E-state index contributed by atoms with van der Waals surface area (Å²) in [5.41, 5.74) is 0. The van der Waals surface area contributed by atoms with Gasteiger partial charge >= 0.3 is 12.1 Å². The summed E-state index contributed by atoms with van der Waals surface area (Å²) in [5.74, 6) is -5.27. The summed E-state index contributed by atoms with van der Waals surface area (Å²) in [6, 6.07) is 5.29. The lowest BCUT2D eigenvalue weighted by molar-refractivity contribution is -0.187. The maximum atomic E-state index is 13.0. The van der Waals surface area contributed by atoms with Crippen LogP contribution in [0.2, 0.25) is 0 Å². The predicted octanol–water partition coefficient (Wildman–Crippen LogP) is 2.36. The molecular weight excluding hydrogens is 363 g/mol. The third kappa shape index (κ3) is 4.24. The predicted molar refractivity (Wildman–Crippen MR) is 81.7 cm³/mol. The molecule has 1 heterocycles. The van der Waals surface area contributed by atoms with E-state index in [0.717, 1.165) is 6.42 Å². The lowest BCUT2D eigenvalue weighted by Crippen LogP contribution is -2.34. The molecule has 0 aromatic heterocycles. The monoisotopic (exact) mass is 381 g/mol. The number of aliphatic carboxylic acids is 1. The van der Waals surface area contributed by atoms with E-state index in [1.165, 1.54) is 24.3 Å². The molecule has 1 aromatic rings. The Morgan fingerprint density at radius 3 is 2.32 bits per heavy atom. The molecule has 1 fully saturated rings. The van der Waals surface area contributed by atoms with Crippen molar-refractivity contribution in [1.82, 2.24) is 4.31 Å². The molecule has 0 radical (unpaired) electrons. The summed E-state index contributed by atoms with van der Waals surface area (Å²) in [6.45, 7) is 0.737. The van der Waals surface area contributed by atoms with E-state index in [-0.39, 0.29) is 4.90 Å². The van der Waals surface area contributed by atoms with Crippen molar-refractivity contribution in [3.63, 3.8) is 0 Å². The van der Waals surface area contributed by atoms with Crippen molar-refractivity contribution in [3.05, 3.63) is 24.3 Å². The average molecular weight is 381 g/mol. The van der Waals surface area contributed by atoms with E-state index in [4.69, 9.17) is 9.84 Å². The van der Waals surface area contributed by atoms with E-state index < -0.39 is 47.1 Å². The van der Waals surface area contributed by atoms with Crippen molar-refractivity contribution < 1.29 is 36.2 Å². The zero-order valence-electron chi connectivity index (χ0n) is 13.4. The Balaban J connectivity index is 2.23. The number of halogens is 3. The smallest absolute Gasteiger partial charge is 0.393 e. The normalized spacial score (nSPS) is 22.1. The number of sulfonamides is 1. The van der Waals surface area contributed by atoms with Crippen LogP contribution in [0, 0.1) is 11.8 Å². The highest BCUT2D eigenvalue weighted by atomic mass is 32.2. The van der Waals surface area contributed by atoms with Crippen molar-refractivity contribution in [2.45, 2.75) is 24.4 Å². The molecule has 0 aliphatic carbocycles. The second-order valence-electron chi connectivity index (χ2n) is 5.73. The van der Waals surface area contributed by atoms with Gasteiger partial charge in [0, 0.05) is 13.1 Å². The molecule has 0 saturated carbocycles. The van der Waals surface area contributed by atoms with Gasteiger partial charge < -0.3 is 9.84 Å². The van der Waals surface area contributed by atoms with Gasteiger partial charge in [-0.25, -0.2) is 8.42 Å². The Kier molecular flexibility index (Phi) is 5.62. The molecule has 0 spiro atoms. The molecule has 2 rings (SSSR count). The lowest BCUT2D eigenvalue weighted by atomic mass is 9.96. The third-order valence-electron chi connectivity index (χ3n) is 3.96. The summed E-state index contributed by atoms with van der Waals surface area (Å²) in [7, 11) is -4.22. The first-order valence-corrected chi connectivity index (χ1v) is 9.04. The van der Waals surface area contributed by atoms with Crippen molar-refractivity contribution in [1.29, 1.82) is 0 Å². The Labute approximate surface area is 143 Å². The third-order valence-corrected chi connectivity index (χ3v) is 5.80. The summed E-state index contributed by atoms with van der Waals surface area (Å²) in [6.07, 6.45) is -4.02. The van der Waals surface area contributed by atoms with Gasteiger partial charge in [0.05, 0.1) is 23.3 Å². The van der Waals surface area contributed by atoms with E-state index in [2.05, 4.69) is 0 Å². The SMILES string of the molecule is CCCOc1ccc(S(=O)(=O)N2C[C@@H](C(F)(F)F)[C@H](C(=O)O)C2)cc1. The van der Waals surface area contributed by atoms with Crippen LogP contribution in [0.15, 0.2) is 29.2 Å². The largest absolute Gasteiger partial charge is 0.494 e. The summed E-state index contributed by atoms with van der Waals surface area (Å²) < 4.78 is 70.0. The number of nitrogens with zero attached hydrogens (tertiary/aromatic N) is 1. The number of rotatable bonds is 6. The van der Waals surface area contributed by atoms with Crippen molar-refractivity contribution in [2.24, 2.45) is 11.8 Å². The van der Waals surface area contributed by atoms with Gasteiger partial charge in [0.25, 0.3) is 0 Å². The molecule has 140 valence electrons. The zero-order valence-corrected chi connectivity index (χ0v) is 14.2. The fourth-order valence-electron chi connectivity index (χ4n) is 2.62. The van der Waals surface area contributed by atoms with Gasteiger partial charge in [-0.15, -0.1) is 0 Å². The van der Waals surface area contributed by atoms with Gasteiger partial charge in [-0.2, -0.15) is 17.5 Å². The van der Waals surface area contributed by atoms with Crippen LogP contribution in [-0.4, -0.2) is 49.7 Å². The van der Waals surface area contributed by atoms with Crippen LogP contribution in [0.4, 0.5) is 13.2 Å².